The van der Waals surface area contributed by atoms with E-state index >= 15 is 0 Å². The van der Waals surface area contributed by atoms with Crippen molar-refractivity contribution in [3.8, 4) is 0 Å². The average Bonchev–Trinajstić information content (AvgIpc) is 2.82. The fraction of sp³-hybridized carbons (Fsp3) is 0.538. The van der Waals surface area contributed by atoms with Crippen molar-refractivity contribution in [2.45, 2.75) is 38.1 Å². The van der Waals surface area contributed by atoms with Crippen molar-refractivity contribution >= 4 is 5.97 Å². The topological polar surface area (TPSA) is 62.2 Å². The first kappa shape index (κ1) is 12.0. The first-order valence-electron chi connectivity index (χ1n) is 6.17. The molecule has 0 radical (unpaired) electrons. The SMILES string of the molecule is O=C(O)c1ccnc(CCNC2CCCC2)c1. The Morgan fingerprint density at radius 3 is 2.94 bits per heavy atom. The van der Waals surface area contributed by atoms with E-state index in [-0.39, 0.29) is 0 Å². The Labute approximate surface area is 101 Å². The van der Waals surface area contributed by atoms with E-state index in [1.54, 1.807) is 12.3 Å². The summed E-state index contributed by atoms with van der Waals surface area (Å²) in [5.41, 5.74) is 1.16. The highest BCUT2D eigenvalue weighted by atomic mass is 16.4. The molecule has 0 unspecified atom stereocenters. The number of pyridine rings is 1. The van der Waals surface area contributed by atoms with Gasteiger partial charge in [-0.1, -0.05) is 12.8 Å². The van der Waals surface area contributed by atoms with Gasteiger partial charge in [0.1, 0.15) is 0 Å². The van der Waals surface area contributed by atoms with Crippen molar-refractivity contribution in [2.75, 3.05) is 6.54 Å². The maximum atomic E-state index is 10.8. The standard InChI is InChI=1S/C13H18N2O2/c16-13(17)10-5-7-15-12(9-10)6-8-14-11-3-1-2-4-11/h5,7,9,11,14H,1-4,6,8H2,(H,16,17). The second-order valence-corrected chi connectivity index (χ2v) is 4.53. The van der Waals surface area contributed by atoms with Crippen LogP contribution in [0, 0.1) is 0 Å². The minimum atomic E-state index is -0.891. The first-order valence-corrected chi connectivity index (χ1v) is 6.17. The maximum absolute atomic E-state index is 10.8. The average molecular weight is 234 g/mol. The molecule has 1 fully saturated rings. The van der Waals surface area contributed by atoms with Crippen molar-refractivity contribution in [3.05, 3.63) is 29.6 Å². The van der Waals surface area contributed by atoms with Gasteiger partial charge in [-0.25, -0.2) is 4.79 Å². The Morgan fingerprint density at radius 2 is 2.24 bits per heavy atom. The molecule has 0 atom stereocenters. The molecule has 0 saturated heterocycles. The second-order valence-electron chi connectivity index (χ2n) is 4.53. The number of hydrogen-bond donors (Lipinski definition) is 2. The summed E-state index contributed by atoms with van der Waals surface area (Å²) in [4.78, 5) is 15.0. The lowest BCUT2D eigenvalue weighted by Crippen LogP contribution is -2.28. The van der Waals surface area contributed by atoms with Gasteiger partial charge in [0.15, 0.2) is 0 Å². The lowest BCUT2D eigenvalue weighted by molar-refractivity contribution is 0.0696. The van der Waals surface area contributed by atoms with Gasteiger partial charge in [-0.05, 0) is 25.0 Å². The molecule has 2 rings (SSSR count). The third kappa shape index (κ3) is 3.53. The van der Waals surface area contributed by atoms with Crippen LogP contribution in [-0.2, 0) is 6.42 Å². The molecule has 0 bridgehead atoms. The zero-order chi connectivity index (χ0) is 12.1. The van der Waals surface area contributed by atoms with Crippen molar-refractivity contribution < 1.29 is 9.90 Å². The van der Waals surface area contributed by atoms with Crippen molar-refractivity contribution in [1.82, 2.24) is 10.3 Å². The molecular weight excluding hydrogens is 216 g/mol. The molecule has 0 aliphatic heterocycles. The largest absolute Gasteiger partial charge is 0.478 e. The monoisotopic (exact) mass is 234 g/mol. The van der Waals surface area contributed by atoms with Gasteiger partial charge in [-0.2, -0.15) is 0 Å². The number of nitrogens with one attached hydrogen (secondary N) is 1. The van der Waals surface area contributed by atoms with Crippen LogP contribution in [-0.4, -0.2) is 28.6 Å². The zero-order valence-corrected chi connectivity index (χ0v) is 9.85. The van der Waals surface area contributed by atoms with Crippen LogP contribution < -0.4 is 5.32 Å². The van der Waals surface area contributed by atoms with Crippen LogP contribution in [0.1, 0.15) is 41.7 Å². The van der Waals surface area contributed by atoms with Crippen LogP contribution in [0.15, 0.2) is 18.3 Å². The number of hydrogen-bond acceptors (Lipinski definition) is 3. The molecule has 1 aromatic heterocycles. The Bertz CT molecular complexity index is 387. The Morgan fingerprint density at radius 1 is 1.47 bits per heavy atom. The molecule has 0 spiro atoms. The molecule has 1 aliphatic rings. The van der Waals surface area contributed by atoms with E-state index < -0.39 is 5.97 Å². The van der Waals surface area contributed by atoms with Gasteiger partial charge in [-0.3, -0.25) is 4.98 Å². The van der Waals surface area contributed by atoms with Crippen molar-refractivity contribution in [1.29, 1.82) is 0 Å². The van der Waals surface area contributed by atoms with Crippen molar-refractivity contribution in [2.24, 2.45) is 0 Å². The number of aromatic nitrogens is 1. The lowest BCUT2D eigenvalue weighted by atomic mass is 10.2. The molecule has 0 amide bonds. The molecule has 1 saturated carbocycles. The van der Waals surface area contributed by atoms with Gasteiger partial charge >= 0.3 is 5.97 Å². The highest BCUT2D eigenvalue weighted by Gasteiger charge is 2.13. The summed E-state index contributed by atoms with van der Waals surface area (Å²) in [6.45, 7) is 0.876. The molecule has 17 heavy (non-hydrogen) atoms. The fourth-order valence-electron chi connectivity index (χ4n) is 2.28. The third-order valence-electron chi connectivity index (χ3n) is 3.23. The van der Waals surface area contributed by atoms with Crippen LogP contribution in [0.25, 0.3) is 0 Å². The van der Waals surface area contributed by atoms with Crippen LogP contribution in [0.2, 0.25) is 0 Å². The van der Waals surface area contributed by atoms with Gasteiger partial charge < -0.3 is 10.4 Å². The van der Waals surface area contributed by atoms with Crippen LogP contribution in [0.4, 0.5) is 0 Å². The van der Waals surface area contributed by atoms with E-state index in [9.17, 15) is 4.79 Å². The minimum Gasteiger partial charge on any atom is -0.478 e. The lowest BCUT2D eigenvalue weighted by Gasteiger charge is -2.11. The summed E-state index contributed by atoms with van der Waals surface area (Å²) in [6, 6.07) is 3.83. The third-order valence-corrected chi connectivity index (χ3v) is 3.23. The maximum Gasteiger partial charge on any atom is 0.335 e. The van der Waals surface area contributed by atoms with Gasteiger partial charge in [0, 0.05) is 30.9 Å². The fourth-order valence-corrected chi connectivity index (χ4v) is 2.28. The highest BCUT2D eigenvalue weighted by molar-refractivity contribution is 5.87. The molecule has 0 aromatic carbocycles. The number of aromatic carboxylic acids is 1. The summed E-state index contributed by atoms with van der Waals surface area (Å²) >= 11 is 0. The van der Waals surface area contributed by atoms with Crippen LogP contribution in [0.5, 0.6) is 0 Å². The van der Waals surface area contributed by atoms with Gasteiger partial charge in [0.2, 0.25) is 0 Å². The van der Waals surface area contributed by atoms with Crippen LogP contribution >= 0.6 is 0 Å². The Kier molecular flexibility index (Phi) is 4.09. The number of nitrogens with zero attached hydrogens (tertiary/aromatic N) is 1. The van der Waals surface area contributed by atoms with E-state index in [1.165, 1.54) is 31.7 Å². The number of carboxylic acids is 1. The molecule has 1 aliphatic carbocycles. The van der Waals surface area contributed by atoms with Gasteiger partial charge in [0.25, 0.3) is 0 Å². The summed E-state index contributed by atoms with van der Waals surface area (Å²) in [6.07, 6.45) is 7.53. The normalized spacial score (nSPS) is 16.2. The second kappa shape index (κ2) is 5.77. The van der Waals surface area contributed by atoms with E-state index in [2.05, 4.69) is 10.3 Å². The number of rotatable bonds is 5. The Balaban J connectivity index is 1.81. The molecule has 1 heterocycles. The summed E-state index contributed by atoms with van der Waals surface area (Å²) in [5, 5.41) is 12.4. The number of carboxylic acid groups (broad SMARTS) is 1. The van der Waals surface area contributed by atoms with Gasteiger partial charge in [0.05, 0.1) is 5.56 Å². The van der Waals surface area contributed by atoms with E-state index in [0.717, 1.165) is 18.7 Å². The highest BCUT2D eigenvalue weighted by Crippen LogP contribution is 2.17. The van der Waals surface area contributed by atoms with Crippen LogP contribution in [0.3, 0.4) is 0 Å². The molecule has 2 N–H and O–H groups in total. The van der Waals surface area contributed by atoms with E-state index in [1.807, 2.05) is 0 Å². The Hall–Kier alpha value is -1.42. The summed E-state index contributed by atoms with van der Waals surface area (Å²) < 4.78 is 0. The van der Waals surface area contributed by atoms with Gasteiger partial charge in [-0.15, -0.1) is 0 Å². The van der Waals surface area contributed by atoms with Crippen molar-refractivity contribution in [3.63, 3.8) is 0 Å². The predicted molar refractivity (Wildman–Crippen MR) is 65.2 cm³/mol. The summed E-state index contributed by atoms with van der Waals surface area (Å²) in [5.74, 6) is -0.891. The van der Waals surface area contributed by atoms with E-state index in [0.29, 0.717) is 11.6 Å². The molecule has 92 valence electrons. The molecule has 1 aromatic rings. The number of carbonyl (C=O) groups is 1. The smallest absolute Gasteiger partial charge is 0.335 e. The van der Waals surface area contributed by atoms with E-state index in [4.69, 9.17) is 5.11 Å². The molecule has 4 heteroatoms. The predicted octanol–water partition coefficient (Wildman–Crippen LogP) is 1.85. The zero-order valence-electron chi connectivity index (χ0n) is 9.85. The summed E-state index contributed by atoms with van der Waals surface area (Å²) in [7, 11) is 0. The first-order chi connectivity index (χ1) is 8.25. The quantitative estimate of drug-likeness (QED) is 0.816. The molecule has 4 nitrogen and oxygen atoms in total. The molecular formula is C13H18N2O2. The minimum absolute atomic E-state index is 0.316.